The molecule has 1 aromatic heterocycles. The smallest absolute Gasteiger partial charge is 0.291 e. The summed E-state index contributed by atoms with van der Waals surface area (Å²) < 4.78 is 18.1. The van der Waals surface area contributed by atoms with Gasteiger partial charge in [0.05, 0.1) is 6.26 Å². The van der Waals surface area contributed by atoms with Gasteiger partial charge in [-0.3, -0.25) is 9.59 Å². The Hall–Kier alpha value is -3.87. The fraction of sp³-hybridized carbons (Fsp3) is 0. The molecule has 0 fully saturated rings. The number of carbonyl (C=O) groups excluding carboxylic acids is 2. The molecule has 0 saturated carbocycles. The van der Waals surface area contributed by atoms with Crippen molar-refractivity contribution in [1.29, 1.82) is 0 Å². The third-order valence-electron chi connectivity index (χ3n) is 3.52. The summed E-state index contributed by atoms with van der Waals surface area (Å²) in [6, 6.07) is 14.4. The number of furan rings is 1. The standard InChI is InChI=1S/C20H15FN2O4/c21-14-8-6-13(7-9-14)11-17(23-20(26)18-5-2-10-27-18)19(25)22-15-3-1-4-16(24)12-15/h1-12,24H,(H,22,25)(H,23,26)/b17-11-. The molecule has 0 atom stereocenters. The van der Waals surface area contributed by atoms with Crippen LogP contribution in [0.1, 0.15) is 16.1 Å². The number of anilines is 1. The van der Waals surface area contributed by atoms with Gasteiger partial charge in [0.15, 0.2) is 5.76 Å². The molecule has 6 nitrogen and oxygen atoms in total. The van der Waals surface area contributed by atoms with Crippen LogP contribution in [-0.2, 0) is 4.79 Å². The maximum atomic E-state index is 13.1. The molecular formula is C20H15FN2O4. The highest BCUT2D eigenvalue weighted by molar-refractivity contribution is 6.10. The molecule has 2 aromatic carbocycles. The van der Waals surface area contributed by atoms with Crippen molar-refractivity contribution in [2.24, 2.45) is 0 Å². The van der Waals surface area contributed by atoms with Crippen molar-refractivity contribution in [1.82, 2.24) is 5.32 Å². The molecule has 3 rings (SSSR count). The lowest BCUT2D eigenvalue weighted by Crippen LogP contribution is -2.30. The Morgan fingerprint density at radius 3 is 2.48 bits per heavy atom. The molecule has 0 spiro atoms. The summed E-state index contributed by atoms with van der Waals surface area (Å²) in [6.07, 6.45) is 2.74. The van der Waals surface area contributed by atoms with E-state index in [0.717, 1.165) is 0 Å². The minimum absolute atomic E-state index is 0.0171. The third kappa shape index (κ3) is 4.82. The molecule has 2 amide bonds. The zero-order chi connectivity index (χ0) is 19.2. The minimum atomic E-state index is -0.621. The van der Waals surface area contributed by atoms with E-state index in [2.05, 4.69) is 10.6 Å². The second-order valence-electron chi connectivity index (χ2n) is 5.55. The second kappa shape index (κ2) is 8.01. The molecule has 0 unspecified atom stereocenters. The molecule has 3 N–H and O–H groups in total. The Morgan fingerprint density at radius 1 is 1.04 bits per heavy atom. The molecular weight excluding hydrogens is 351 g/mol. The van der Waals surface area contributed by atoms with Gasteiger partial charge in [-0.1, -0.05) is 18.2 Å². The van der Waals surface area contributed by atoms with Gasteiger partial charge in [0.2, 0.25) is 0 Å². The number of rotatable bonds is 5. The number of nitrogens with one attached hydrogen (secondary N) is 2. The number of phenolic OH excluding ortho intramolecular Hbond substituents is 1. The van der Waals surface area contributed by atoms with Crippen LogP contribution in [0, 0.1) is 5.82 Å². The molecule has 0 bridgehead atoms. The number of carbonyl (C=O) groups is 2. The van der Waals surface area contributed by atoms with Crippen LogP contribution in [-0.4, -0.2) is 16.9 Å². The lowest BCUT2D eigenvalue weighted by atomic mass is 10.1. The lowest BCUT2D eigenvalue weighted by molar-refractivity contribution is -0.113. The van der Waals surface area contributed by atoms with Gasteiger partial charge in [0.25, 0.3) is 11.8 Å². The molecule has 0 saturated heterocycles. The minimum Gasteiger partial charge on any atom is -0.508 e. The van der Waals surface area contributed by atoms with Gasteiger partial charge in [0, 0.05) is 11.8 Å². The van der Waals surface area contributed by atoms with Crippen LogP contribution in [0.25, 0.3) is 6.08 Å². The van der Waals surface area contributed by atoms with E-state index in [1.807, 2.05) is 0 Å². The first kappa shape index (κ1) is 17.9. The maximum Gasteiger partial charge on any atom is 0.291 e. The maximum absolute atomic E-state index is 13.1. The molecule has 0 radical (unpaired) electrons. The number of hydrogen-bond acceptors (Lipinski definition) is 4. The summed E-state index contributed by atoms with van der Waals surface area (Å²) >= 11 is 0. The zero-order valence-electron chi connectivity index (χ0n) is 14.0. The summed E-state index contributed by atoms with van der Waals surface area (Å²) in [5.41, 5.74) is 0.779. The number of aromatic hydroxyl groups is 1. The monoisotopic (exact) mass is 366 g/mol. The van der Waals surface area contributed by atoms with Crippen LogP contribution in [0.5, 0.6) is 5.75 Å². The number of benzene rings is 2. The van der Waals surface area contributed by atoms with Crippen molar-refractivity contribution >= 4 is 23.6 Å². The van der Waals surface area contributed by atoms with E-state index < -0.39 is 17.6 Å². The second-order valence-corrected chi connectivity index (χ2v) is 5.55. The van der Waals surface area contributed by atoms with Crippen LogP contribution in [0.4, 0.5) is 10.1 Å². The Morgan fingerprint density at radius 2 is 1.81 bits per heavy atom. The average Bonchev–Trinajstić information content (AvgIpc) is 3.18. The highest BCUT2D eigenvalue weighted by Gasteiger charge is 2.16. The van der Waals surface area contributed by atoms with Crippen molar-refractivity contribution in [2.75, 3.05) is 5.32 Å². The molecule has 7 heteroatoms. The van der Waals surface area contributed by atoms with Gasteiger partial charge < -0.3 is 20.2 Å². The highest BCUT2D eigenvalue weighted by atomic mass is 19.1. The van der Waals surface area contributed by atoms with Crippen LogP contribution in [0.15, 0.2) is 77.0 Å². The first-order valence-electron chi connectivity index (χ1n) is 7.94. The summed E-state index contributed by atoms with van der Waals surface area (Å²) in [6.45, 7) is 0. The molecule has 0 aliphatic heterocycles. The zero-order valence-corrected chi connectivity index (χ0v) is 14.0. The highest BCUT2D eigenvalue weighted by Crippen LogP contribution is 2.17. The van der Waals surface area contributed by atoms with Crippen LogP contribution in [0.2, 0.25) is 0 Å². The number of hydrogen-bond donors (Lipinski definition) is 3. The molecule has 27 heavy (non-hydrogen) atoms. The fourth-order valence-electron chi connectivity index (χ4n) is 2.26. The quantitative estimate of drug-likeness (QED) is 0.603. The predicted molar refractivity (Wildman–Crippen MR) is 97.3 cm³/mol. The summed E-state index contributed by atoms with van der Waals surface area (Å²) in [7, 11) is 0. The van der Waals surface area contributed by atoms with Crippen LogP contribution >= 0.6 is 0 Å². The topological polar surface area (TPSA) is 91.6 Å². The number of amides is 2. The van der Waals surface area contributed by atoms with Crippen molar-refractivity contribution in [3.63, 3.8) is 0 Å². The Bertz CT molecular complexity index is 979. The molecule has 0 aliphatic carbocycles. The van der Waals surface area contributed by atoms with E-state index in [-0.39, 0.29) is 17.2 Å². The normalized spacial score (nSPS) is 11.1. The number of halogens is 1. The largest absolute Gasteiger partial charge is 0.508 e. The molecule has 3 aromatic rings. The molecule has 1 heterocycles. The van der Waals surface area contributed by atoms with E-state index in [4.69, 9.17) is 4.42 Å². The molecule has 0 aliphatic rings. The predicted octanol–water partition coefficient (Wildman–Crippen LogP) is 3.53. The van der Waals surface area contributed by atoms with Crippen molar-refractivity contribution in [2.45, 2.75) is 0 Å². The lowest BCUT2D eigenvalue weighted by Gasteiger charge is -2.10. The Balaban J connectivity index is 1.87. The van der Waals surface area contributed by atoms with Crippen molar-refractivity contribution in [3.8, 4) is 5.75 Å². The SMILES string of the molecule is O=C(Nc1cccc(O)c1)/C(=C/c1ccc(F)cc1)NC(=O)c1ccco1. The Kier molecular flexibility index (Phi) is 5.32. The van der Waals surface area contributed by atoms with Gasteiger partial charge in [-0.2, -0.15) is 0 Å². The van der Waals surface area contributed by atoms with Crippen LogP contribution in [0.3, 0.4) is 0 Å². The number of phenols is 1. The average molecular weight is 366 g/mol. The van der Waals surface area contributed by atoms with Crippen molar-refractivity contribution in [3.05, 3.63) is 89.8 Å². The van der Waals surface area contributed by atoms with E-state index in [1.54, 1.807) is 18.2 Å². The van der Waals surface area contributed by atoms with E-state index >= 15 is 0 Å². The Labute approximate surface area is 153 Å². The summed E-state index contributed by atoms with van der Waals surface area (Å²) in [5.74, 6) is -1.64. The third-order valence-corrected chi connectivity index (χ3v) is 3.52. The summed E-state index contributed by atoms with van der Waals surface area (Å²) in [4.78, 5) is 24.9. The molecule has 136 valence electrons. The van der Waals surface area contributed by atoms with Gasteiger partial charge in [0.1, 0.15) is 17.3 Å². The van der Waals surface area contributed by atoms with E-state index in [0.29, 0.717) is 11.3 Å². The first-order valence-corrected chi connectivity index (χ1v) is 7.94. The first-order chi connectivity index (χ1) is 13.0. The van der Waals surface area contributed by atoms with Gasteiger partial charge in [-0.25, -0.2) is 4.39 Å². The van der Waals surface area contributed by atoms with Gasteiger partial charge in [-0.15, -0.1) is 0 Å². The van der Waals surface area contributed by atoms with Crippen LogP contribution < -0.4 is 10.6 Å². The van der Waals surface area contributed by atoms with Gasteiger partial charge in [-0.05, 0) is 48.0 Å². The summed E-state index contributed by atoms with van der Waals surface area (Å²) in [5, 5.41) is 14.6. The van der Waals surface area contributed by atoms with Crippen molar-refractivity contribution < 1.29 is 23.5 Å². The van der Waals surface area contributed by atoms with E-state index in [1.165, 1.54) is 54.8 Å². The van der Waals surface area contributed by atoms with Gasteiger partial charge >= 0.3 is 0 Å². The van der Waals surface area contributed by atoms with E-state index in [9.17, 15) is 19.1 Å². The fourth-order valence-corrected chi connectivity index (χ4v) is 2.26.